The Bertz CT molecular complexity index is 558. The van der Waals surface area contributed by atoms with Gasteiger partial charge in [-0.1, -0.05) is 35.9 Å². The predicted octanol–water partition coefficient (Wildman–Crippen LogP) is 3.61. The van der Waals surface area contributed by atoms with Crippen LogP contribution >= 0.6 is 11.6 Å². The van der Waals surface area contributed by atoms with Gasteiger partial charge in [-0.05, 0) is 23.8 Å². The van der Waals surface area contributed by atoms with Crippen molar-refractivity contribution in [1.29, 1.82) is 0 Å². The molecule has 0 saturated heterocycles. The smallest absolute Gasteiger partial charge is 0.127 e. The van der Waals surface area contributed by atoms with Gasteiger partial charge in [-0.2, -0.15) is 0 Å². The molecule has 0 fully saturated rings. The molecule has 19 heavy (non-hydrogen) atoms. The number of nitrogens with two attached hydrogens (primary N) is 1. The van der Waals surface area contributed by atoms with E-state index in [9.17, 15) is 0 Å². The molecule has 100 valence electrons. The zero-order chi connectivity index (χ0) is 13.7. The van der Waals surface area contributed by atoms with Crippen molar-refractivity contribution in [3.63, 3.8) is 0 Å². The predicted molar refractivity (Wildman–Crippen MR) is 78.7 cm³/mol. The summed E-state index contributed by atoms with van der Waals surface area (Å²) in [6, 6.07) is 13.4. The highest BCUT2D eigenvalue weighted by Crippen LogP contribution is 2.33. The third-order valence-corrected chi connectivity index (χ3v) is 3.07. The van der Waals surface area contributed by atoms with E-state index < -0.39 is 0 Å². The highest BCUT2D eigenvalue weighted by atomic mass is 35.5. The van der Waals surface area contributed by atoms with Crippen molar-refractivity contribution in [1.82, 2.24) is 0 Å². The van der Waals surface area contributed by atoms with E-state index in [1.807, 2.05) is 36.4 Å². The zero-order valence-corrected chi connectivity index (χ0v) is 11.5. The minimum atomic E-state index is 0.510. The van der Waals surface area contributed by atoms with Crippen molar-refractivity contribution in [3.8, 4) is 16.9 Å². The summed E-state index contributed by atoms with van der Waals surface area (Å²) in [7, 11) is 1.65. The number of methoxy groups -OCH3 is 1. The summed E-state index contributed by atoms with van der Waals surface area (Å²) < 4.78 is 10.7. The number of hydrogen-bond donors (Lipinski definition) is 1. The minimum absolute atomic E-state index is 0.510. The van der Waals surface area contributed by atoms with E-state index in [-0.39, 0.29) is 0 Å². The van der Waals surface area contributed by atoms with Gasteiger partial charge in [0.15, 0.2) is 0 Å². The fourth-order valence-electron chi connectivity index (χ4n) is 1.76. The summed E-state index contributed by atoms with van der Waals surface area (Å²) in [5.41, 5.74) is 8.26. The Balaban J connectivity index is 2.30. The number of benzene rings is 2. The van der Waals surface area contributed by atoms with Crippen LogP contribution in [-0.4, -0.2) is 20.3 Å². The molecule has 0 saturated carbocycles. The molecule has 0 aliphatic carbocycles. The fourth-order valence-corrected chi connectivity index (χ4v) is 1.94. The normalized spacial score (nSPS) is 10.4. The molecule has 2 N–H and O–H groups in total. The van der Waals surface area contributed by atoms with Crippen molar-refractivity contribution in [2.75, 3.05) is 26.1 Å². The number of rotatable bonds is 5. The Morgan fingerprint density at radius 1 is 1.11 bits per heavy atom. The minimum Gasteiger partial charge on any atom is -0.491 e. The summed E-state index contributed by atoms with van der Waals surface area (Å²) in [6.07, 6.45) is 0. The summed E-state index contributed by atoms with van der Waals surface area (Å²) in [4.78, 5) is 0. The summed E-state index contributed by atoms with van der Waals surface area (Å²) in [6.45, 7) is 1.06. The van der Waals surface area contributed by atoms with Gasteiger partial charge in [0.2, 0.25) is 0 Å². The van der Waals surface area contributed by atoms with Gasteiger partial charge in [-0.3, -0.25) is 0 Å². The Kier molecular flexibility index (Phi) is 4.66. The summed E-state index contributed by atoms with van der Waals surface area (Å²) in [5, 5.41) is 0.546. The van der Waals surface area contributed by atoms with Crippen LogP contribution in [0, 0.1) is 0 Å². The summed E-state index contributed by atoms with van der Waals surface area (Å²) in [5.74, 6) is 0.806. The molecule has 0 atom stereocenters. The molecule has 0 spiro atoms. The van der Waals surface area contributed by atoms with E-state index in [4.69, 9.17) is 26.8 Å². The average Bonchev–Trinajstić information content (AvgIpc) is 2.43. The lowest BCUT2D eigenvalue weighted by atomic mass is 10.0. The monoisotopic (exact) mass is 277 g/mol. The molecule has 2 aromatic rings. The van der Waals surface area contributed by atoms with Gasteiger partial charge in [-0.15, -0.1) is 0 Å². The maximum Gasteiger partial charge on any atom is 0.127 e. The zero-order valence-electron chi connectivity index (χ0n) is 10.7. The van der Waals surface area contributed by atoms with Gasteiger partial charge in [-0.25, -0.2) is 0 Å². The molecule has 2 aromatic carbocycles. The largest absolute Gasteiger partial charge is 0.491 e. The molecule has 0 heterocycles. The van der Waals surface area contributed by atoms with E-state index in [1.165, 1.54) is 0 Å². The molecule has 2 rings (SSSR count). The molecule has 0 radical (unpaired) electrons. The lowest BCUT2D eigenvalue weighted by Crippen LogP contribution is -2.05. The van der Waals surface area contributed by atoms with Crippen LogP contribution in [0.2, 0.25) is 5.02 Å². The Morgan fingerprint density at radius 3 is 2.63 bits per heavy atom. The number of halogens is 1. The standard InChI is InChI=1S/C15H16ClNO2/c1-18-8-9-19-15-5-3-2-4-12(15)11-6-7-14(17)13(16)10-11/h2-7,10H,8-9,17H2,1H3. The number of para-hydroxylation sites is 1. The third kappa shape index (κ3) is 3.40. The first-order valence-corrected chi connectivity index (χ1v) is 6.36. The molecule has 0 aliphatic heterocycles. The molecule has 4 heteroatoms. The number of ether oxygens (including phenoxy) is 2. The van der Waals surface area contributed by atoms with Crippen molar-refractivity contribution in [2.45, 2.75) is 0 Å². The second-order valence-corrected chi connectivity index (χ2v) is 4.48. The third-order valence-electron chi connectivity index (χ3n) is 2.74. The molecule has 3 nitrogen and oxygen atoms in total. The quantitative estimate of drug-likeness (QED) is 0.671. The molecular formula is C15H16ClNO2. The second-order valence-electron chi connectivity index (χ2n) is 4.07. The van der Waals surface area contributed by atoms with E-state index >= 15 is 0 Å². The number of anilines is 1. The van der Waals surface area contributed by atoms with Crippen LogP contribution in [0.3, 0.4) is 0 Å². The molecule has 0 amide bonds. The molecular weight excluding hydrogens is 262 g/mol. The molecule has 0 bridgehead atoms. The van der Waals surface area contributed by atoms with E-state index in [2.05, 4.69) is 0 Å². The van der Waals surface area contributed by atoms with Crippen LogP contribution < -0.4 is 10.5 Å². The van der Waals surface area contributed by atoms with Gasteiger partial charge in [0.1, 0.15) is 12.4 Å². The summed E-state index contributed by atoms with van der Waals surface area (Å²) >= 11 is 6.06. The average molecular weight is 278 g/mol. The van der Waals surface area contributed by atoms with Crippen LogP contribution in [0.1, 0.15) is 0 Å². The van der Waals surface area contributed by atoms with Gasteiger partial charge >= 0.3 is 0 Å². The highest BCUT2D eigenvalue weighted by molar-refractivity contribution is 6.33. The van der Waals surface area contributed by atoms with Crippen LogP contribution in [-0.2, 0) is 4.74 Å². The van der Waals surface area contributed by atoms with Crippen LogP contribution in [0.15, 0.2) is 42.5 Å². The van der Waals surface area contributed by atoms with Gasteiger partial charge in [0.25, 0.3) is 0 Å². The van der Waals surface area contributed by atoms with Gasteiger partial charge in [0.05, 0.1) is 17.3 Å². The van der Waals surface area contributed by atoms with E-state index in [1.54, 1.807) is 13.2 Å². The van der Waals surface area contributed by atoms with Gasteiger partial charge < -0.3 is 15.2 Å². The van der Waals surface area contributed by atoms with Crippen LogP contribution in [0.4, 0.5) is 5.69 Å². The fraction of sp³-hybridized carbons (Fsp3) is 0.200. The Hall–Kier alpha value is -1.71. The van der Waals surface area contributed by atoms with Crippen molar-refractivity contribution in [2.24, 2.45) is 0 Å². The molecule has 0 aliphatic rings. The van der Waals surface area contributed by atoms with Crippen LogP contribution in [0.5, 0.6) is 5.75 Å². The Labute approximate surface area is 117 Å². The van der Waals surface area contributed by atoms with Crippen LogP contribution in [0.25, 0.3) is 11.1 Å². The highest BCUT2D eigenvalue weighted by Gasteiger charge is 2.07. The first-order chi connectivity index (χ1) is 9.22. The number of nitrogen functional groups attached to an aromatic ring is 1. The van der Waals surface area contributed by atoms with Crippen molar-refractivity contribution in [3.05, 3.63) is 47.5 Å². The second kappa shape index (κ2) is 6.45. The van der Waals surface area contributed by atoms with Crippen molar-refractivity contribution < 1.29 is 9.47 Å². The Morgan fingerprint density at radius 2 is 1.89 bits per heavy atom. The maximum absolute atomic E-state index is 6.06. The first kappa shape index (κ1) is 13.7. The molecule has 0 unspecified atom stereocenters. The number of hydrogen-bond acceptors (Lipinski definition) is 3. The maximum atomic E-state index is 6.06. The topological polar surface area (TPSA) is 44.5 Å². The lowest BCUT2D eigenvalue weighted by Gasteiger charge is -2.12. The SMILES string of the molecule is COCCOc1ccccc1-c1ccc(N)c(Cl)c1. The van der Waals surface area contributed by atoms with Crippen molar-refractivity contribution >= 4 is 17.3 Å². The van der Waals surface area contributed by atoms with E-state index in [0.717, 1.165) is 16.9 Å². The lowest BCUT2D eigenvalue weighted by molar-refractivity contribution is 0.146. The van der Waals surface area contributed by atoms with E-state index in [0.29, 0.717) is 23.9 Å². The first-order valence-electron chi connectivity index (χ1n) is 5.98. The molecule has 0 aromatic heterocycles. The van der Waals surface area contributed by atoms with Gasteiger partial charge in [0, 0.05) is 12.7 Å².